The molecule has 0 N–H and O–H groups in total. The van der Waals surface area contributed by atoms with Crippen molar-refractivity contribution in [3.8, 4) is 5.75 Å². The summed E-state index contributed by atoms with van der Waals surface area (Å²) in [5, 5.41) is 0. The highest BCUT2D eigenvalue weighted by Crippen LogP contribution is 2.40. The number of ether oxygens (including phenoxy) is 2. The summed E-state index contributed by atoms with van der Waals surface area (Å²) < 4.78 is 9.99. The lowest BCUT2D eigenvalue weighted by molar-refractivity contribution is -0.165. The van der Waals surface area contributed by atoms with E-state index >= 15 is 0 Å². The molecule has 3 rings (SSSR count). The van der Waals surface area contributed by atoms with Gasteiger partial charge in [0.05, 0.1) is 19.4 Å². The first-order valence-electron chi connectivity index (χ1n) is 7.12. The smallest absolute Gasteiger partial charge is 0.321 e. The molecule has 1 heterocycles. The molecule has 112 valence electrons. The Balaban J connectivity index is 2.00. The van der Waals surface area contributed by atoms with Gasteiger partial charge in [0.25, 0.3) is 0 Å². The van der Waals surface area contributed by atoms with Crippen LogP contribution in [0.15, 0.2) is 54.6 Å². The summed E-state index contributed by atoms with van der Waals surface area (Å²) in [6, 6.07) is 16.9. The fourth-order valence-corrected chi connectivity index (χ4v) is 2.87. The Labute approximate surface area is 128 Å². The van der Waals surface area contributed by atoms with Crippen LogP contribution in [0.3, 0.4) is 0 Å². The van der Waals surface area contributed by atoms with Crippen molar-refractivity contribution in [3.05, 3.63) is 65.7 Å². The van der Waals surface area contributed by atoms with Gasteiger partial charge in [0.15, 0.2) is 0 Å². The fraction of sp³-hybridized carbons (Fsp3) is 0.222. The molecule has 0 aliphatic carbocycles. The molecule has 4 heteroatoms. The predicted molar refractivity (Wildman–Crippen MR) is 80.6 cm³/mol. The van der Waals surface area contributed by atoms with E-state index in [2.05, 4.69) is 0 Å². The van der Waals surface area contributed by atoms with Crippen molar-refractivity contribution >= 4 is 11.9 Å². The van der Waals surface area contributed by atoms with Crippen molar-refractivity contribution in [2.75, 3.05) is 7.11 Å². The van der Waals surface area contributed by atoms with E-state index in [9.17, 15) is 9.59 Å². The van der Waals surface area contributed by atoms with Gasteiger partial charge in [-0.05, 0) is 23.3 Å². The van der Waals surface area contributed by atoms with Crippen LogP contribution < -0.4 is 4.74 Å². The SMILES string of the molecule is COc1ccc(C2C(=O)OC(=O)CC2c2ccccc2)cc1. The van der Waals surface area contributed by atoms with Gasteiger partial charge >= 0.3 is 11.9 Å². The Bertz CT molecular complexity index is 676. The Morgan fingerprint density at radius 3 is 2.27 bits per heavy atom. The van der Waals surface area contributed by atoms with Crippen LogP contribution in [0.25, 0.3) is 0 Å². The molecular formula is C18H16O4. The van der Waals surface area contributed by atoms with Crippen LogP contribution in [0, 0.1) is 0 Å². The first-order chi connectivity index (χ1) is 10.7. The third-order valence-corrected chi connectivity index (χ3v) is 3.96. The van der Waals surface area contributed by atoms with E-state index in [4.69, 9.17) is 9.47 Å². The molecule has 0 radical (unpaired) electrons. The van der Waals surface area contributed by atoms with Crippen molar-refractivity contribution in [2.24, 2.45) is 0 Å². The third-order valence-electron chi connectivity index (χ3n) is 3.96. The summed E-state index contributed by atoms with van der Waals surface area (Å²) in [6.07, 6.45) is 0.201. The van der Waals surface area contributed by atoms with Gasteiger partial charge in [-0.25, -0.2) is 0 Å². The zero-order valence-corrected chi connectivity index (χ0v) is 12.2. The second-order valence-electron chi connectivity index (χ2n) is 5.27. The predicted octanol–water partition coefficient (Wildman–Crippen LogP) is 3.04. The maximum atomic E-state index is 12.3. The van der Waals surface area contributed by atoms with Gasteiger partial charge in [-0.1, -0.05) is 42.5 Å². The first kappa shape index (κ1) is 14.3. The van der Waals surface area contributed by atoms with Crippen LogP contribution in [0.2, 0.25) is 0 Å². The van der Waals surface area contributed by atoms with Crippen molar-refractivity contribution in [1.82, 2.24) is 0 Å². The molecule has 0 spiro atoms. The average molecular weight is 296 g/mol. The Morgan fingerprint density at radius 2 is 1.64 bits per heavy atom. The molecule has 22 heavy (non-hydrogen) atoms. The minimum Gasteiger partial charge on any atom is -0.497 e. The van der Waals surface area contributed by atoms with E-state index in [1.807, 2.05) is 42.5 Å². The van der Waals surface area contributed by atoms with E-state index in [1.165, 1.54) is 0 Å². The number of cyclic esters (lactones) is 2. The number of hydrogen-bond donors (Lipinski definition) is 0. The number of rotatable bonds is 3. The quantitative estimate of drug-likeness (QED) is 0.645. The van der Waals surface area contributed by atoms with Crippen LogP contribution >= 0.6 is 0 Å². The van der Waals surface area contributed by atoms with Crippen molar-refractivity contribution in [2.45, 2.75) is 18.3 Å². The van der Waals surface area contributed by atoms with Crippen molar-refractivity contribution in [3.63, 3.8) is 0 Å². The highest BCUT2D eigenvalue weighted by atomic mass is 16.6. The number of hydrogen-bond acceptors (Lipinski definition) is 4. The first-order valence-corrected chi connectivity index (χ1v) is 7.12. The maximum absolute atomic E-state index is 12.3. The number of benzene rings is 2. The summed E-state index contributed by atoms with van der Waals surface area (Å²) >= 11 is 0. The van der Waals surface area contributed by atoms with Crippen LogP contribution in [-0.4, -0.2) is 19.0 Å². The van der Waals surface area contributed by atoms with Gasteiger partial charge in [-0.3, -0.25) is 9.59 Å². The summed E-state index contributed by atoms with van der Waals surface area (Å²) in [7, 11) is 1.59. The van der Waals surface area contributed by atoms with Gasteiger partial charge in [-0.2, -0.15) is 0 Å². The van der Waals surface area contributed by atoms with Crippen LogP contribution in [0.4, 0.5) is 0 Å². The Kier molecular flexibility index (Phi) is 3.92. The molecule has 0 amide bonds. The summed E-state index contributed by atoms with van der Waals surface area (Å²) in [4.78, 5) is 23.9. The zero-order valence-electron chi connectivity index (χ0n) is 12.2. The normalized spacial score (nSPS) is 21.3. The maximum Gasteiger partial charge on any atom is 0.321 e. The molecule has 1 fully saturated rings. The molecule has 2 unspecified atom stereocenters. The second kappa shape index (κ2) is 6.02. The van der Waals surface area contributed by atoms with Gasteiger partial charge < -0.3 is 9.47 Å². The molecular weight excluding hydrogens is 280 g/mol. The van der Waals surface area contributed by atoms with E-state index < -0.39 is 17.9 Å². The van der Waals surface area contributed by atoms with E-state index in [-0.39, 0.29) is 12.3 Å². The van der Waals surface area contributed by atoms with Crippen LogP contribution in [-0.2, 0) is 14.3 Å². The number of esters is 2. The highest BCUT2D eigenvalue weighted by molar-refractivity contribution is 5.94. The van der Waals surface area contributed by atoms with Gasteiger partial charge in [0, 0.05) is 5.92 Å². The van der Waals surface area contributed by atoms with Gasteiger partial charge in [0.1, 0.15) is 5.75 Å². The lowest BCUT2D eigenvalue weighted by Gasteiger charge is -2.29. The van der Waals surface area contributed by atoms with Gasteiger partial charge in [-0.15, -0.1) is 0 Å². The minimum absolute atomic E-state index is 0.201. The topological polar surface area (TPSA) is 52.6 Å². The van der Waals surface area contributed by atoms with E-state index in [1.54, 1.807) is 19.2 Å². The van der Waals surface area contributed by atoms with Gasteiger partial charge in [0.2, 0.25) is 0 Å². The molecule has 0 bridgehead atoms. The molecule has 4 nitrogen and oxygen atoms in total. The lowest BCUT2D eigenvalue weighted by atomic mass is 9.78. The number of carbonyl (C=O) groups is 2. The average Bonchev–Trinajstić information content (AvgIpc) is 2.55. The Hall–Kier alpha value is -2.62. The molecule has 2 aromatic carbocycles. The summed E-state index contributed by atoms with van der Waals surface area (Å²) in [5.74, 6) is -0.923. The molecule has 0 aromatic heterocycles. The fourth-order valence-electron chi connectivity index (χ4n) is 2.87. The summed E-state index contributed by atoms with van der Waals surface area (Å²) in [5.41, 5.74) is 1.79. The van der Waals surface area contributed by atoms with E-state index in [0.29, 0.717) is 0 Å². The summed E-state index contributed by atoms with van der Waals surface area (Å²) in [6.45, 7) is 0. The number of methoxy groups -OCH3 is 1. The largest absolute Gasteiger partial charge is 0.497 e. The Morgan fingerprint density at radius 1 is 0.955 bits per heavy atom. The standard InChI is InChI=1S/C18H16O4/c1-21-14-9-7-13(8-10-14)17-15(11-16(19)22-18(17)20)12-5-3-2-4-6-12/h2-10,15,17H,11H2,1H3. The molecule has 1 aliphatic heterocycles. The number of carbonyl (C=O) groups excluding carboxylic acids is 2. The minimum atomic E-state index is -0.490. The zero-order chi connectivity index (χ0) is 15.5. The highest BCUT2D eigenvalue weighted by Gasteiger charge is 2.39. The van der Waals surface area contributed by atoms with Crippen LogP contribution in [0.1, 0.15) is 29.4 Å². The molecule has 0 saturated carbocycles. The van der Waals surface area contributed by atoms with Crippen LogP contribution in [0.5, 0.6) is 5.75 Å². The molecule has 1 aliphatic rings. The molecule has 2 atom stereocenters. The third kappa shape index (κ3) is 2.72. The molecule has 2 aromatic rings. The second-order valence-corrected chi connectivity index (χ2v) is 5.27. The van der Waals surface area contributed by atoms with Crippen molar-refractivity contribution < 1.29 is 19.1 Å². The molecule has 1 saturated heterocycles. The van der Waals surface area contributed by atoms with E-state index in [0.717, 1.165) is 16.9 Å². The monoisotopic (exact) mass is 296 g/mol. The van der Waals surface area contributed by atoms with Crippen molar-refractivity contribution in [1.29, 1.82) is 0 Å². The lowest BCUT2D eigenvalue weighted by Crippen LogP contribution is -2.32.